The number of ether oxygens (including phenoxy) is 1. The Morgan fingerprint density at radius 3 is 2.33 bits per heavy atom. The van der Waals surface area contributed by atoms with Gasteiger partial charge in [0.1, 0.15) is 17.4 Å². The highest BCUT2D eigenvalue weighted by Gasteiger charge is 2.30. The molecular weight excluding hydrogens is 415 g/mol. The third kappa shape index (κ3) is 5.60. The second-order valence-corrected chi connectivity index (χ2v) is 7.73. The number of aromatic nitrogens is 1. The molecular formula is C22H20F3NO3S. The SMILES string of the molecule is CCc1nc(-c2ccc(C(F)(F)F)cc2)sc1COc1ccc(CCC(=O)O)cc1. The van der Waals surface area contributed by atoms with Gasteiger partial charge in [-0.1, -0.05) is 31.2 Å². The highest BCUT2D eigenvalue weighted by atomic mass is 32.1. The summed E-state index contributed by atoms with van der Waals surface area (Å²) in [4.78, 5) is 16.1. The fraction of sp³-hybridized carbons (Fsp3) is 0.273. The summed E-state index contributed by atoms with van der Waals surface area (Å²) >= 11 is 1.40. The van der Waals surface area contributed by atoms with E-state index in [-0.39, 0.29) is 6.42 Å². The first-order valence-electron chi connectivity index (χ1n) is 9.36. The van der Waals surface area contributed by atoms with E-state index < -0.39 is 17.7 Å². The van der Waals surface area contributed by atoms with Gasteiger partial charge in [-0.2, -0.15) is 13.2 Å². The molecule has 8 heteroatoms. The second kappa shape index (κ2) is 9.30. The number of benzene rings is 2. The van der Waals surface area contributed by atoms with Gasteiger partial charge in [0.15, 0.2) is 0 Å². The van der Waals surface area contributed by atoms with Crippen molar-refractivity contribution in [2.24, 2.45) is 0 Å². The van der Waals surface area contributed by atoms with E-state index in [1.807, 2.05) is 19.1 Å². The molecule has 0 spiro atoms. The van der Waals surface area contributed by atoms with Gasteiger partial charge in [-0.05, 0) is 42.7 Å². The van der Waals surface area contributed by atoms with Crippen LogP contribution in [0.4, 0.5) is 13.2 Å². The lowest BCUT2D eigenvalue weighted by atomic mass is 10.1. The van der Waals surface area contributed by atoms with E-state index in [4.69, 9.17) is 9.84 Å². The van der Waals surface area contributed by atoms with Gasteiger partial charge in [0.05, 0.1) is 16.1 Å². The summed E-state index contributed by atoms with van der Waals surface area (Å²) < 4.78 is 44.1. The lowest BCUT2D eigenvalue weighted by Gasteiger charge is -2.07. The summed E-state index contributed by atoms with van der Waals surface area (Å²) in [6.45, 7) is 2.27. The topological polar surface area (TPSA) is 59.4 Å². The van der Waals surface area contributed by atoms with Crippen molar-refractivity contribution in [3.63, 3.8) is 0 Å². The van der Waals surface area contributed by atoms with Crippen molar-refractivity contribution in [2.75, 3.05) is 0 Å². The zero-order chi connectivity index (χ0) is 21.7. The van der Waals surface area contributed by atoms with Crippen molar-refractivity contribution < 1.29 is 27.8 Å². The molecule has 158 valence electrons. The Balaban J connectivity index is 1.68. The van der Waals surface area contributed by atoms with E-state index >= 15 is 0 Å². The van der Waals surface area contributed by atoms with Crippen LogP contribution in [0, 0.1) is 0 Å². The number of halogens is 3. The van der Waals surface area contributed by atoms with E-state index in [2.05, 4.69) is 4.98 Å². The maximum atomic E-state index is 12.8. The summed E-state index contributed by atoms with van der Waals surface area (Å²) in [6.07, 6.45) is -3.14. The first-order valence-corrected chi connectivity index (χ1v) is 10.2. The largest absolute Gasteiger partial charge is 0.488 e. The Bertz CT molecular complexity index is 996. The molecule has 0 aliphatic carbocycles. The molecule has 2 aromatic carbocycles. The number of carbonyl (C=O) groups is 1. The van der Waals surface area contributed by atoms with Gasteiger partial charge in [0, 0.05) is 12.0 Å². The smallest absolute Gasteiger partial charge is 0.416 e. The standard InChI is InChI=1S/C22H20F3NO3S/c1-2-18-19(13-29-17-10-3-14(4-11-17)5-12-20(27)28)30-21(26-18)15-6-8-16(9-7-15)22(23,24)25/h3-4,6-11H,2,5,12-13H2,1H3,(H,27,28). The zero-order valence-electron chi connectivity index (χ0n) is 16.2. The monoisotopic (exact) mass is 435 g/mol. The summed E-state index contributed by atoms with van der Waals surface area (Å²) in [7, 11) is 0. The molecule has 3 aromatic rings. The number of nitrogens with zero attached hydrogens (tertiary/aromatic N) is 1. The van der Waals surface area contributed by atoms with Gasteiger partial charge in [-0.15, -0.1) is 11.3 Å². The fourth-order valence-electron chi connectivity index (χ4n) is 2.85. The molecule has 0 amide bonds. The molecule has 0 unspecified atom stereocenters. The van der Waals surface area contributed by atoms with Gasteiger partial charge in [-0.25, -0.2) is 4.98 Å². The Morgan fingerprint density at radius 2 is 1.77 bits per heavy atom. The van der Waals surface area contributed by atoms with E-state index in [9.17, 15) is 18.0 Å². The maximum Gasteiger partial charge on any atom is 0.416 e. The maximum absolute atomic E-state index is 12.8. The number of aryl methyl sites for hydroxylation is 2. The van der Waals surface area contributed by atoms with E-state index in [0.717, 1.165) is 28.3 Å². The molecule has 0 aliphatic heterocycles. The number of thiazole rings is 1. The average Bonchev–Trinajstić information content (AvgIpc) is 3.14. The summed E-state index contributed by atoms with van der Waals surface area (Å²) in [5.41, 5.74) is 1.72. The molecule has 3 rings (SSSR count). The number of alkyl halides is 3. The van der Waals surface area contributed by atoms with Crippen molar-refractivity contribution >= 4 is 17.3 Å². The molecule has 1 aromatic heterocycles. The van der Waals surface area contributed by atoms with Crippen LogP contribution in [0.15, 0.2) is 48.5 Å². The molecule has 0 saturated heterocycles. The number of hydrogen-bond donors (Lipinski definition) is 1. The Hall–Kier alpha value is -2.87. The van der Waals surface area contributed by atoms with Gasteiger partial charge in [0.25, 0.3) is 0 Å². The minimum absolute atomic E-state index is 0.0770. The van der Waals surface area contributed by atoms with Crippen molar-refractivity contribution in [3.8, 4) is 16.3 Å². The molecule has 1 N–H and O–H groups in total. The van der Waals surface area contributed by atoms with E-state index in [1.54, 1.807) is 12.1 Å². The predicted molar refractivity (Wildman–Crippen MR) is 109 cm³/mol. The molecule has 0 atom stereocenters. The van der Waals surface area contributed by atoms with Crippen LogP contribution in [-0.4, -0.2) is 16.1 Å². The molecule has 4 nitrogen and oxygen atoms in total. The fourth-order valence-corrected chi connectivity index (χ4v) is 3.92. The Morgan fingerprint density at radius 1 is 1.10 bits per heavy atom. The van der Waals surface area contributed by atoms with Crippen molar-refractivity contribution in [1.29, 1.82) is 0 Å². The summed E-state index contributed by atoms with van der Waals surface area (Å²) in [5.74, 6) is -0.183. The minimum Gasteiger partial charge on any atom is -0.488 e. The van der Waals surface area contributed by atoms with Gasteiger partial charge < -0.3 is 9.84 Å². The predicted octanol–water partition coefficient (Wildman–Crippen LogP) is 5.99. The van der Waals surface area contributed by atoms with Crippen LogP contribution in [0.3, 0.4) is 0 Å². The van der Waals surface area contributed by atoms with Crippen molar-refractivity contribution in [3.05, 3.63) is 70.2 Å². The third-order valence-corrected chi connectivity index (χ3v) is 5.61. The van der Waals surface area contributed by atoms with Crippen LogP contribution >= 0.6 is 11.3 Å². The molecule has 1 heterocycles. The molecule has 0 aliphatic rings. The number of carboxylic acid groups (broad SMARTS) is 1. The molecule has 0 bridgehead atoms. The van der Waals surface area contributed by atoms with Gasteiger partial charge in [-0.3, -0.25) is 4.79 Å². The summed E-state index contributed by atoms with van der Waals surface area (Å²) in [5, 5.41) is 9.40. The van der Waals surface area contributed by atoms with Crippen LogP contribution < -0.4 is 4.74 Å². The van der Waals surface area contributed by atoms with E-state index in [1.165, 1.54) is 23.5 Å². The Kier molecular flexibility index (Phi) is 6.77. The zero-order valence-corrected chi connectivity index (χ0v) is 17.0. The number of aliphatic carboxylic acids is 1. The Labute approximate surface area is 176 Å². The second-order valence-electron chi connectivity index (χ2n) is 6.64. The van der Waals surface area contributed by atoms with Crippen LogP contribution in [0.1, 0.15) is 35.0 Å². The van der Waals surface area contributed by atoms with Gasteiger partial charge >= 0.3 is 12.1 Å². The van der Waals surface area contributed by atoms with E-state index in [0.29, 0.717) is 35.8 Å². The van der Waals surface area contributed by atoms with Crippen LogP contribution in [0.5, 0.6) is 5.75 Å². The molecule has 30 heavy (non-hydrogen) atoms. The first kappa shape index (κ1) is 21.8. The molecule has 0 saturated carbocycles. The van der Waals surface area contributed by atoms with Crippen molar-refractivity contribution in [2.45, 2.75) is 39.0 Å². The number of carboxylic acids is 1. The lowest BCUT2D eigenvalue weighted by Crippen LogP contribution is -2.03. The average molecular weight is 435 g/mol. The minimum atomic E-state index is -4.36. The highest BCUT2D eigenvalue weighted by Crippen LogP contribution is 2.33. The molecule has 0 radical (unpaired) electrons. The van der Waals surface area contributed by atoms with Crippen LogP contribution in [-0.2, 0) is 30.4 Å². The van der Waals surface area contributed by atoms with Crippen LogP contribution in [0.25, 0.3) is 10.6 Å². The molecule has 0 fully saturated rings. The highest BCUT2D eigenvalue weighted by molar-refractivity contribution is 7.15. The number of rotatable bonds is 8. The first-order chi connectivity index (χ1) is 14.3. The lowest BCUT2D eigenvalue weighted by molar-refractivity contribution is -0.138. The normalized spacial score (nSPS) is 11.5. The van der Waals surface area contributed by atoms with Crippen molar-refractivity contribution in [1.82, 2.24) is 4.98 Å². The number of hydrogen-bond acceptors (Lipinski definition) is 4. The third-order valence-electron chi connectivity index (χ3n) is 4.49. The van der Waals surface area contributed by atoms with Gasteiger partial charge in [0.2, 0.25) is 0 Å². The van der Waals surface area contributed by atoms with Crippen LogP contribution in [0.2, 0.25) is 0 Å². The quantitative estimate of drug-likeness (QED) is 0.472. The summed E-state index contributed by atoms with van der Waals surface area (Å²) in [6, 6.07) is 12.2.